The summed E-state index contributed by atoms with van der Waals surface area (Å²) in [5.74, 6) is 0.802. The molecule has 9 nitrogen and oxygen atoms in total. The van der Waals surface area contributed by atoms with Crippen LogP contribution in [0.5, 0.6) is 11.6 Å². The van der Waals surface area contributed by atoms with E-state index in [0.717, 1.165) is 11.1 Å². The SMILES string of the molecule is CCOc1cc(C)c2nn(CC(=O)c3cc(OCCCO)cc(C(C)(C)C)c3)c(=N)n2n1.[HH]. The Bertz CT molecular complexity index is 1180. The number of Topliss-reactive ketones (excluding diaryl/α,β-unsaturated/α-hetero) is 1. The number of aliphatic hydroxyl groups is 1. The molecule has 32 heavy (non-hydrogen) atoms. The Labute approximate surface area is 188 Å². The number of nitrogens with zero attached hydrogens (tertiary/aromatic N) is 4. The summed E-state index contributed by atoms with van der Waals surface area (Å²) in [6.45, 7) is 10.7. The zero-order valence-electron chi connectivity index (χ0n) is 19.3. The first-order valence-corrected chi connectivity index (χ1v) is 10.7. The minimum Gasteiger partial charge on any atom is -0.493 e. The van der Waals surface area contributed by atoms with Gasteiger partial charge in [-0.25, -0.2) is 4.68 Å². The molecule has 0 bridgehead atoms. The number of hydrogen-bond donors (Lipinski definition) is 2. The number of aliphatic hydroxyl groups excluding tert-OH is 1. The molecule has 3 aromatic rings. The third-order valence-corrected chi connectivity index (χ3v) is 5.00. The molecule has 0 amide bonds. The fourth-order valence-electron chi connectivity index (χ4n) is 3.22. The summed E-state index contributed by atoms with van der Waals surface area (Å²) in [7, 11) is 0. The van der Waals surface area contributed by atoms with Gasteiger partial charge in [-0.3, -0.25) is 10.2 Å². The summed E-state index contributed by atoms with van der Waals surface area (Å²) in [6.07, 6.45) is 0.512. The maximum Gasteiger partial charge on any atom is 0.242 e. The zero-order chi connectivity index (χ0) is 23.5. The Morgan fingerprint density at radius 2 is 1.94 bits per heavy atom. The highest BCUT2D eigenvalue weighted by Gasteiger charge is 2.20. The average Bonchev–Trinajstić information content (AvgIpc) is 3.04. The van der Waals surface area contributed by atoms with Crippen LogP contribution in [-0.2, 0) is 12.0 Å². The van der Waals surface area contributed by atoms with Crippen LogP contribution in [0.25, 0.3) is 5.65 Å². The number of fused-ring (bicyclic) bond motifs is 1. The van der Waals surface area contributed by atoms with Crippen molar-refractivity contribution in [2.24, 2.45) is 0 Å². The van der Waals surface area contributed by atoms with E-state index >= 15 is 0 Å². The van der Waals surface area contributed by atoms with Crippen LogP contribution in [0, 0.1) is 12.3 Å². The second-order valence-electron chi connectivity index (χ2n) is 8.66. The highest BCUT2D eigenvalue weighted by molar-refractivity contribution is 5.96. The van der Waals surface area contributed by atoms with E-state index < -0.39 is 0 Å². The third-order valence-electron chi connectivity index (χ3n) is 5.00. The third kappa shape index (κ3) is 5.16. The van der Waals surface area contributed by atoms with Crippen molar-refractivity contribution in [3.8, 4) is 11.6 Å². The Morgan fingerprint density at radius 1 is 1.19 bits per heavy atom. The van der Waals surface area contributed by atoms with E-state index in [-0.39, 0.29) is 31.4 Å². The van der Waals surface area contributed by atoms with Crippen molar-refractivity contribution in [3.63, 3.8) is 0 Å². The summed E-state index contributed by atoms with van der Waals surface area (Å²) in [5.41, 5.74) is 2.57. The molecule has 0 saturated carbocycles. The maximum absolute atomic E-state index is 13.2. The standard InChI is InChI=1S/C23H31N5O4.H2/c1-6-31-20-10-15(2)21-26-27(22(24)28(21)25-20)14-19(30)16-11-17(23(3,4)5)13-18(12-16)32-9-7-8-29;/h10-13,24,29H,6-9,14H2,1-5H3;1H. The lowest BCUT2D eigenvalue weighted by molar-refractivity contribution is 0.0965. The van der Waals surface area contributed by atoms with E-state index in [1.165, 1.54) is 9.20 Å². The molecule has 1 aromatic carbocycles. The molecular formula is C23H33N5O4. The highest BCUT2D eigenvalue weighted by Crippen LogP contribution is 2.28. The van der Waals surface area contributed by atoms with Gasteiger partial charge >= 0.3 is 0 Å². The van der Waals surface area contributed by atoms with Crippen LogP contribution in [0.15, 0.2) is 24.3 Å². The maximum atomic E-state index is 13.2. The number of hydrogen-bond acceptors (Lipinski definition) is 7. The smallest absolute Gasteiger partial charge is 0.242 e. The van der Waals surface area contributed by atoms with Crippen molar-refractivity contribution in [2.75, 3.05) is 19.8 Å². The van der Waals surface area contributed by atoms with Gasteiger partial charge in [0.05, 0.1) is 13.2 Å². The molecule has 0 aliphatic carbocycles. The molecule has 9 heteroatoms. The lowest BCUT2D eigenvalue weighted by Gasteiger charge is -2.21. The van der Waals surface area contributed by atoms with Gasteiger partial charge in [-0.05, 0) is 43.0 Å². The van der Waals surface area contributed by atoms with Crippen molar-refractivity contribution < 1.29 is 20.8 Å². The van der Waals surface area contributed by atoms with Gasteiger partial charge in [-0.2, -0.15) is 4.52 Å². The number of carbonyl (C=O) groups excluding carboxylic acids is 1. The van der Waals surface area contributed by atoms with Crippen LogP contribution in [0.2, 0.25) is 0 Å². The zero-order valence-corrected chi connectivity index (χ0v) is 19.3. The Morgan fingerprint density at radius 3 is 2.59 bits per heavy atom. The molecule has 0 saturated heterocycles. The van der Waals surface area contributed by atoms with E-state index in [9.17, 15) is 4.79 Å². The van der Waals surface area contributed by atoms with Gasteiger partial charge in [0.1, 0.15) is 12.3 Å². The van der Waals surface area contributed by atoms with Crippen LogP contribution >= 0.6 is 0 Å². The molecule has 2 N–H and O–H groups in total. The van der Waals surface area contributed by atoms with E-state index in [1.807, 2.05) is 26.0 Å². The second kappa shape index (κ2) is 9.52. The molecule has 3 rings (SSSR count). The van der Waals surface area contributed by atoms with Crippen molar-refractivity contribution in [3.05, 3.63) is 46.6 Å². The fraction of sp³-hybridized carbons (Fsp3) is 0.478. The molecule has 174 valence electrons. The molecular weight excluding hydrogens is 410 g/mol. The number of benzene rings is 1. The van der Waals surface area contributed by atoms with E-state index in [4.69, 9.17) is 20.0 Å². The summed E-state index contributed by atoms with van der Waals surface area (Å²) in [6, 6.07) is 7.24. The number of rotatable bonds is 9. The molecule has 2 heterocycles. The fourth-order valence-corrected chi connectivity index (χ4v) is 3.22. The molecule has 0 aliphatic rings. The van der Waals surface area contributed by atoms with Crippen LogP contribution in [-0.4, -0.2) is 50.1 Å². The number of nitrogens with one attached hydrogen (secondary N) is 1. The first-order chi connectivity index (χ1) is 15.1. The Kier molecular flexibility index (Phi) is 6.98. The number of carbonyl (C=O) groups is 1. The molecule has 0 atom stereocenters. The molecule has 0 radical (unpaired) electrons. The first kappa shape index (κ1) is 23.5. The number of aromatic nitrogens is 4. The van der Waals surface area contributed by atoms with Gasteiger partial charge in [0.2, 0.25) is 11.5 Å². The van der Waals surface area contributed by atoms with Gasteiger partial charge in [0.15, 0.2) is 11.4 Å². The van der Waals surface area contributed by atoms with Gasteiger partial charge in [0, 0.05) is 31.6 Å². The van der Waals surface area contributed by atoms with Crippen LogP contribution in [0.4, 0.5) is 0 Å². The monoisotopic (exact) mass is 443 g/mol. The minimum absolute atomic E-state index is 0. The van der Waals surface area contributed by atoms with Crippen molar-refractivity contribution in [1.29, 1.82) is 5.41 Å². The van der Waals surface area contributed by atoms with Crippen LogP contribution < -0.4 is 15.1 Å². The van der Waals surface area contributed by atoms with Crippen molar-refractivity contribution >= 4 is 11.4 Å². The molecule has 0 unspecified atom stereocenters. The van der Waals surface area contributed by atoms with Gasteiger partial charge in [-0.1, -0.05) is 20.8 Å². The van der Waals surface area contributed by atoms with E-state index in [2.05, 4.69) is 31.0 Å². The topological polar surface area (TPSA) is 115 Å². The van der Waals surface area contributed by atoms with Gasteiger partial charge in [0.25, 0.3) is 0 Å². The molecule has 0 spiro atoms. The van der Waals surface area contributed by atoms with Crippen molar-refractivity contribution in [2.45, 2.75) is 53.0 Å². The quantitative estimate of drug-likeness (QED) is 0.388. The first-order valence-electron chi connectivity index (χ1n) is 10.7. The summed E-state index contributed by atoms with van der Waals surface area (Å²) in [5, 5.41) is 26.2. The Hall–Kier alpha value is -3.20. The van der Waals surface area contributed by atoms with Crippen LogP contribution in [0.1, 0.15) is 57.0 Å². The molecule has 0 fully saturated rings. The van der Waals surface area contributed by atoms with E-state index in [0.29, 0.717) is 42.5 Å². The van der Waals surface area contributed by atoms with Gasteiger partial charge < -0.3 is 14.6 Å². The summed E-state index contributed by atoms with van der Waals surface area (Å²) in [4.78, 5) is 13.2. The number of ether oxygens (including phenoxy) is 2. The van der Waals surface area contributed by atoms with Gasteiger partial charge in [-0.15, -0.1) is 10.2 Å². The normalized spacial score (nSPS) is 11.7. The number of ketones is 1. The average molecular weight is 444 g/mol. The largest absolute Gasteiger partial charge is 0.493 e. The second-order valence-corrected chi connectivity index (χ2v) is 8.66. The lowest BCUT2D eigenvalue weighted by atomic mass is 9.85. The Balaban J connectivity index is 0.00000385. The summed E-state index contributed by atoms with van der Waals surface area (Å²) >= 11 is 0. The lowest BCUT2D eigenvalue weighted by Crippen LogP contribution is -2.26. The summed E-state index contributed by atoms with van der Waals surface area (Å²) < 4.78 is 13.9. The van der Waals surface area contributed by atoms with E-state index in [1.54, 1.807) is 12.1 Å². The predicted octanol–water partition coefficient (Wildman–Crippen LogP) is 2.90. The predicted molar refractivity (Wildman–Crippen MR) is 122 cm³/mol. The number of aryl methyl sites for hydroxylation is 1. The molecule has 2 aromatic heterocycles. The minimum atomic E-state index is -0.187. The van der Waals surface area contributed by atoms with Crippen LogP contribution in [0.3, 0.4) is 0 Å². The molecule has 0 aliphatic heterocycles. The van der Waals surface area contributed by atoms with Crippen molar-refractivity contribution in [1.82, 2.24) is 19.4 Å². The highest BCUT2D eigenvalue weighted by atomic mass is 16.5.